The van der Waals surface area contributed by atoms with Gasteiger partial charge in [0.15, 0.2) is 0 Å². The highest BCUT2D eigenvalue weighted by atomic mass is 32.2. The molecule has 0 aliphatic carbocycles. The van der Waals surface area contributed by atoms with Crippen molar-refractivity contribution < 1.29 is 18.6 Å². The van der Waals surface area contributed by atoms with E-state index in [0.29, 0.717) is 22.3 Å². The second-order valence-corrected chi connectivity index (χ2v) is 7.60. The molecule has 0 amide bonds. The minimum atomic E-state index is -3.93. The van der Waals surface area contributed by atoms with Crippen molar-refractivity contribution in [2.24, 2.45) is 0 Å². The van der Waals surface area contributed by atoms with Gasteiger partial charge in [0.1, 0.15) is 16.4 Å². The summed E-state index contributed by atoms with van der Waals surface area (Å²) in [5.74, 6) is -0.280. The lowest BCUT2D eigenvalue weighted by Gasteiger charge is -2.16. The molecule has 118 valence electrons. The molecule has 2 aromatic carbocycles. The minimum Gasteiger partial charge on any atom is -0.507 e. The first-order chi connectivity index (χ1) is 10.1. The van der Waals surface area contributed by atoms with Gasteiger partial charge in [0.25, 0.3) is 0 Å². The van der Waals surface area contributed by atoms with E-state index in [1.54, 1.807) is 46.8 Å². The molecule has 5 heteroatoms. The molecule has 0 fully saturated rings. The zero-order valence-corrected chi connectivity index (χ0v) is 14.2. The number of benzene rings is 2. The van der Waals surface area contributed by atoms with Crippen molar-refractivity contribution >= 4 is 9.84 Å². The maximum atomic E-state index is 13.0. The lowest BCUT2D eigenvalue weighted by atomic mass is 10.1. The monoisotopic (exact) mass is 320 g/mol. The molecule has 0 aromatic heterocycles. The average Bonchev–Trinajstić information content (AvgIpc) is 2.39. The first-order valence-corrected chi connectivity index (χ1v) is 8.40. The number of phenols is 2. The van der Waals surface area contributed by atoms with E-state index < -0.39 is 9.84 Å². The summed E-state index contributed by atoms with van der Waals surface area (Å²) in [6.45, 7) is 8.42. The van der Waals surface area contributed by atoms with E-state index in [4.69, 9.17) is 0 Å². The van der Waals surface area contributed by atoms with Gasteiger partial charge in [0.2, 0.25) is 9.84 Å². The molecule has 0 aliphatic heterocycles. The van der Waals surface area contributed by atoms with Crippen LogP contribution >= 0.6 is 0 Å². The van der Waals surface area contributed by atoms with Crippen LogP contribution in [0.3, 0.4) is 0 Å². The maximum Gasteiger partial charge on any atom is 0.210 e. The molecule has 0 aliphatic rings. The molecule has 0 saturated heterocycles. The van der Waals surface area contributed by atoms with Crippen LogP contribution in [0.4, 0.5) is 0 Å². The number of sulfone groups is 1. The van der Waals surface area contributed by atoms with Crippen LogP contribution in [0.2, 0.25) is 0 Å². The Morgan fingerprint density at radius 1 is 0.773 bits per heavy atom. The SMILES string of the molecule is Cc1cc(C)c(O)c(S(=O)(=O)c2c(C)cc(C)c(O)c2C)c1. The average molecular weight is 320 g/mol. The molecular weight excluding hydrogens is 300 g/mol. The third-order valence-electron chi connectivity index (χ3n) is 3.83. The smallest absolute Gasteiger partial charge is 0.210 e. The highest BCUT2D eigenvalue weighted by molar-refractivity contribution is 7.91. The Labute approximate surface area is 131 Å². The van der Waals surface area contributed by atoms with Gasteiger partial charge in [0, 0.05) is 5.56 Å². The summed E-state index contributed by atoms with van der Waals surface area (Å²) in [5, 5.41) is 20.3. The van der Waals surface area contributed by atoms with Crippen LogP contribution < -0.4 is 0 Å². The fourth-order valence-corrected chi connectivity index (χ4v) is 4.77. The second kappa shape index (κ2) is 5.32. The Hall–Kier alpha value is -2.01. The molecule has 2 aromatic rings. The molecule has 22 heavy (non-hydrogen) atoms. The highest BCUT2D eigenvalue weighted by Gasteiger charge is 2.28. The fraction of sp³-hybridized carbons (Fsp3) is 0.294. The predicted molar refractivity (Wildman–Crippen MR) is 85.4 cm³/mol. The molecule has 0 unspecified atom stereocenters. The lowest BCUT2D eigenvalue weighted by molar-refractivity contribution is 0.453. The van der Waals surface area contributed by atoms with Crippen molar-refractivity contribution in [3.63, 3.8) is 0 Å². The highest BCUT2D eigenvalue weighted by Crippen LogP contribution is 2.38. The minimum absolute atomic E-state index is 0.0342. The van der Waals surface area contributed by atoms with E-state index >= 15 is 0 Å². The van der Waals surface area contributed by atoms with Gasteiger partial charge in [0.05, 0.1) is 4.90 Å². The molecule has 0 atom stereocenters. The van der Waals surface area contributed by atoms with Gasteiger partial charge in [-0.25, -0.2) is 8.42 Å². The summed E-state index contributed by atoms with van der Waals surface area (Å²) in [6.07, 6.45) is 0. The summed E-state index contributed by atoms with van der Waals surface area (Å²) in [4.78, 5) is -0.0737. The van der Waals surface area contributed by atoms with E-state index in [0.717, 1.165) is 5.56 Å². The molecule has 0 bridgehead atoms. The Balaban J connectivity index is 2.86. The number of aromatic hydroxyl groups is 2. The van der Waals surface area contributed by atoms with E-state index in [1.807, 2.05) is 0 Å². The maximum absolute atomic E-state index is 13.0. The van der Waals surface area contributed by atoms with Crippen LogP contribution in [-0.2, 0) is 9.84 Å². The second-order valence-electron chi connectivity index (χ2n) is 5.75. The Bertz CT molecular complexity index is 865. The summed E-state index contributed by atoms with van der Waals surface area (Å²) < 4.78 is 26.0. The normalized spacial score (nSPS) is 11.7. The van der Waals surface area contributed by atoms with Crippen molar-refractivity contribution in [1.29, 1.82) is 0 Å². The summed E-state index contributed by atoms with van der Waals surface area (Å²) in [5.41, 5.74) is 2.73. The van der Waals surface area contributed by atoms with E-state index in [2.05, 4.69) is 0 Å². The molecule has 0 radical (unpaired) electrons. The first kappa shape index (κ1) is 16.4. The van der Waals surface area contributed by atoms with Gasteiger partial charge < -0.3 is 10.2 Å². The van der Waals surface area contributed by atoms with E-state index in [9.17, 15) is 18.6 Å². The quantitative estimate of drug-likeness (QED) is 0.888. The molecule has 2 rings (SSSR count). The van der Waals surface area contributed by atoms with Crippen LogP contribution in [0, 0.1) is 34.6 Å². The number of aryl methyl sites for hydroxylation is 4. The van der Waals surface area contributed by atoms with Gasteiger partial charge >= 0.3 is 0 Å². The van der Waals surface area contributed by atoms with Crippen LogP contribution in [0.1, 0.15) is 27.8 Å². The van der Waals surface area contributed by atoms with Crippen LogP contribution in [-0.4, -0.2) is 18.6 Å². The summed E-state index contributed by atoms with van der Waals surface area (Å²) >= 11 is 0. The van der Waals surface area contributed by atoms with Gasteiger partial charge in [-0.05, 0) is 62.9 Å². The largest absolute Gasteiger partial charge is 0.507 e. The predicted octanol–water partition coefficient (Wildman–Crippen LogP) is 3.47. The van der Waals surface area contributed by atoms with Crippen LogP contribution in [0.15, 0.2) is 28.0 Å². The van der Waals surface area contributed by atoms with Crippen LogP contribution in [0.5, 0.6) is 11.5 Å². The van der Waals surface area contributed by atoms with Crippen molar-refractivity contribution in [2.45, 2.75) is 44.4 Å². The molecule has 0 spiro atoms. The number of hydrogen-bond acceptors (Lipinski definition) is 4. The van der Waals surface area contributed by atoms with Gasteiger partial charge in [-0.1, -0.05) is 12.1 Å². The molecule has 4 nitrogen and oxygen atoms in total. The number of rotatable bonds is 2. The third kappa shape index (κ3) is 2.46. The van der Waals surface area contributed by atoms with Crippen molar-refractivity contribution in [3.8, 4) is 11.5 Å². The van der Waals surface area contributed by atoms with E-state index in [-0.39, 0.29) is 21.3 Å². The van der Waals surface area contributed by atoms with Crippen molar-refractivity contribution in [3.05, 3.63) is 46.0 Å². The number of phenolic OH excluding ortho intramolecular Hbond substituents is 2. The summed E-state index contributed by atoms with van der Waals surface area (Å²) in [7, 11) is -3.93. The molecule has 2 N–H and O–H groups in total. The van der Waals surface area contributed by atoms with Gasteiger partial charge in [-0.15, -0.1) is 0 Å². The zero-order valence-electron chi connectivity index (χ0n) is 13.4. The summed E-state index contributed by atoms with van der Waals surface area (Å²) in [6, 6.07) is 4.81. The van der Waals surface area contributed by atoms with Crippen molar-refractivity contribution in [1.82, 2.24) is 0 Å². The molecule has 0 heterocycles. The fourth-order valence-electron chi connectivity index (χ4n) is 2.81. The Morgan fingerprint density at radius 2 is 1.32 bits per heavy atom. The Kier molecular flexibility index (Phi) is 3.96. The third-order valence-corrected chi connectivity index (χ3v) is 5.88. The van der Waals surface area contributed by atoms with Gasteiger partial charge in [-0.2, -0.15) is 0 Å². The zero-order chi connectivity index (χ0) is 16.8. The van der Waals surface area contributed by atoms with E-state index in [1.165, 1.54) is 6.07 Å². The lowest BCUT2D eigenvalue weighted by Crippen LogP contribution is -2.08. The van der Waals surface area contributed by atoms with Crippen molar-refractivity contribution in [2.75, 3.05) is 0 Å². The Morgan fingerprint density at radius 3 is 1.91 bits per heavy atom. The molecule has 0 saturated carbocycles. The topological polar surface area (TPSA) is 74.6 Å². The molecular formula is C17H20O4S. The number of hydrogen-bond donors (Lipinski definition) is 2. The first-order valence-electron chi connectivity index (χ1n) is 6.92. The van der Waals surface area contributed by atoms with Gasteiger partial charge in [-0.3, -0.25) is 0 Å². The van der Waals surface area contributed by atoms with Crippen LogP contribution in [0.25, 0.3) is 0 Å². The standard InChI is InChI=1S/C17H20O4S/c1-9-6-10(2)16(19)14(7-9)22(20,21)17-12(4)8-11(3)15(18)13(17)5/h6-8,18-19H,1-5H3.